The number of hydrogen-bond acceptors (Lipinski definition) is 5. The maximum Gasteiger partial charge on any atom is 0.330 e. The van der Waals surface area contributed by atoms with E-state index in [1.807, 2.05) is 67.6 Å². The minimum Gasteiger partial charge on any atom is -0.344 e. The van der Waals surface area contributed by atoms with Crippen LogP contribution >= 0.6 is 0 Å². The Kier molecular flexibility index (Phi) is 5.18. The molecule has 5 aromatic rings. The average molecular weight is 441 g/mol. The van der Waals surface area contributed by atoms with Crippen molar-refractivity contribution >= 4 is 38.7 Å². The standard InChI is InChI=1S/C26H24N4O3/c1-16-24(20-10-5-6-11-22(20)29(16)13-7-12-27)25-26(32)30(33-17(2)31)23-15-19-9-4-3-8-18(19)14-21(23)28-25/h3-6,8-11,14-15H,7,12-13,27H2,1-2H3. The van der Waals surface area contributed by atoms with Gasteiger partial charge in [0.2, 0.25) is 0 Å². The van der Waals surface area contributed by atoms with Crippen molar-refractivity contribution in [1.82, 2.24) is 14.3 Å². The molecule has 0 aliphatic rings. The van der Waals surface area contributed by atoms with E-state index in [2.05, 4.69) is 4.57 Å². The lowest BCUT2D eigenvalue weighted by atomic mass is 10.1. The Morgan fingerprint density at radius 3 is 2.45 bits per heavy atom. The van der Waals surface area contributed by atoms with E-state index in [0.717, 1.165) is 50.6 Å². The minimum absolute atomic E-state index is 0.249. The average Bonchev–Trinajstić information content (AvgIpc) is 3.09. The van der Waals surface area contributed by atoms with Crippen LogP contribution in [0.1, 0.15) is 19.0 Å². The van der Waals surface area contributed by atoms with Crippen LogP contribution in [-0.4, -0.2) is 26.8 Å². The van der Waals surface area contributed by atoms with Crippen molar-refractivity contribution < 1.29 is 9.63 Å². The molecule has 0 unspecified atom stereocenters. The van der Waals surface area contributed by atoms with Crippen LogP contribution in [0, 0.1) is 6.92 Å². The molecule has 7 nitrogen and oxygen atoms in total. The number of benzene rings is 3. The van der Waals surface area contributed by atoms with E-state index in [0.29, 0.717) is 17.6 Å². The van der Waals surface area contributed by atoms with Gasteiger partial charge in [-0.3, -0.25) is 4.79 Å². The fraction of sp³-hybridized carbons (Fsp3) is 0.192. The molecule has 0 saturated heterocycles. The fourth-order valence-electron chi connectivity index (χ4n) is 4.49. The molecule has 3 aromatic carbocycles. The molecule has 166 valence electrons. The van der Waals surface area contributed by atoms with Crippen LogP contribution < -0.4 is 16.1 Å². The number of carbonyl (C=O) groups is 1. The highest BCUT2D eigenvalue weighted by Gasteiger charge is 2.22. The van der Waals surface area contributed by atoms with E-state index in [9.17, 15) is 9.59 Å². The zero-order chi connectivity index (χ0) is 23.1. The number of nitrogens with two attached hydrogens (primary N) is 1. The monoisotopic (exact) mass is 440 g/mol. The van der Waals surface area contributed by atoms with Gasteiger partial charge in [-0.25, -0.2) is 9.78 Å². The van der Waals surface area contributed by atoms with E-state index in [4.69, 9.17) is 15.6 Å². The number of para-hydroxylation sites is 1. The van der Waals surface area contributed by atoms with E-state index < -0.39 is 11.5 Å². The van der Waals surface area contributed by atoms with Crippen LogP contribution in [0.15, 0.2) is 65.5 Å². The lowest BCUT2D eigenvalue weighted by Crippen LogP contribution is -2.31. The number of aromatic nitrogens is 3. The summed E-state index contributed by atoms with van der Waals surface area (Å²) >= 11 is 0. The van der Waals surface area contributed by atoms with E-state index in [-0.39, 0.29) is 5.69 Å². The summed E-state index contributed by atoms with van der Waals surface area (Å²) < 4.78 is 3.23. The third kappa shape index (κ3) is 3.47. The summed E-state index contributed by atoms with van der Waals surface area (Å²) in [7, 11) is 0. The number of nitrogens with zero attached hydrogens (tertiary/aromatic N) is 3. The Labute approximate surface area is 190 Å². The summed E-state index contributed by atoms with van der Waals surface area (Å²) in [4.78, 5) is 35.8. The first kappa shape index (κ1) is 20.9. The second kappa shape index (κ2) is 8.18. The minimum atomic E-state index is -0.578. The van der Waals surface area contributed by atoms with E-state index in [1.165, 1.54) is 6.92 Å². The maximum absolute atomic E-state index is 13.7. The molecule has 0 saturated carbocycles. The topological polar surface area (TPSA) is 92.1 Å². The summed E-state index contributed by atoms with van der Waals surface area (Å²) in [6.45, 7) is 4.57. The summed E-state index contributed by atoms with van der Waals surface area (Å²) in [6, 6.07) is 19.5. The highest BCUT2D eigenvalue weighted by atomic mass is 16.7. The van der Waals surface area contributed by atoms with Gasteiger partial charge in [-0.2, -0.15) is 0 Å². The summed E-state index contributed by atoms with van der Waals surface area (Å²) in [5, 5.41) is 2.83. The normalized spacial score (nSPS) is 11.5. The van der Waals surface area contributed by atoms with Crippen LogP contribution in [0.25, 0.3) is 44.0 Å². The van der Waals surface area contributed by atoms with Gasteiger partial charge in [0.25, 0.3) is 0 Å². The van der Waals surface area contributed by atoms with Crippen LogP contribution in [-0.2, 0) is 11.3 Å². The maximum atomic E-state index is 13.7. The Morgan fingerprint density at radius 1 is 1.03 bits per heavy atom. The highest BCUT2D eigenvalue weighted by Crippen LogP contribution is 2.33. The molecule has 0 atom stereocenters. The molecular formula is C26H24N4O3. The molecule has 0 spiro atoms. The van der Waals surface area contributed by atoms with E-state index in [1.54, 1.807) is 0 Å². The summed E-state index contributed by atoms with van der Waals surface area (Å²) in [6.07, 6.45) is 0.813. The summed E-state index contributed by atoms with van der Waals surface area (Å²) in [5.74, 6) is -0.578. The lowest BCUT2D eigenvalue weighted by Gasteiger charge is -2.12. The number of fused-ring (bicyclic) bond motifs is 3. The molecule has 7 heteroatoms. The van der Waals surface area contributed by atoms with Crippen molar-refractivity contribution in [2.24, 2.45) is 5.73 Å². The predicted octanol–water partition coefficient (Wildman–Crippen LogP) is 3.80. The molecule has 0 amide bonds. The van der Waals surface area contributed by atoms with E-state index >= 15 is 0 Å². The molecule has 2 aromatic heterocycles. The smallest absolute Gasteiger partial charge is 0.330 e. The molecule has 0 bridgehead atoms. The molecule has 2 heterocycles. The first-order valence-corrected chi connectivity index (χ1v) is 10.9. The molecule has 0 aliphatic carbocycles. The first-order chi connectivity index (χ1) is 16.0. The third-order valence-electron chi connectivity index (χ3n) is 5.95. The van der Waals surface area contributed by atoms with Crippen molar-refractivity contribution in [3.05, 3.63) is 76.7 Å². The molecule has 0 fully saturated rings. The van der Waals surface area contributed by atoms with Crippen LogP contribution in [0.4, 0.5) is 0 Å². The van der Waals surface area contributed by atoms with Crippen molar-refractivity contribution in [1.29, 1.82) is 0 Å². The van der Waals surface area contributed by atoms with Gasteiger partial charge in [0.05, 0.1) is 5.52 Å². The van der Waals surface area contributed by atoms with Crippen molar-refractivity contribution in [3.8, 4) is 11.3 Å². The molecule has 33 heavy (non-hydrogen) atoms. The van der Waals surface area contributed by atoms with Crippen molar-refractivity contribution in [2.75, 3.05) is 6.54 Å². The first-order valence-electron chi connectivity index (χ1n) is 10.9. The Bertz CT molecular complexity index is 1600. The molecule has 5 rings (SSSR count). The van der Waals surface area contributed by atoms with Gasteiger partial charge in [0, 0.05) is 35.6 Å². The van der Waals surface area contributed by atoms with Crippen LogP contribution in [0.2, 0.25) is 0 Å². The number of hydrogen-bond donors (Lipinski definition) is 1. The summed E-state index contributed by atoms with van der Waals surface area (Å²) in [5.41, 5.74) is 9.22. The molecule has 0 radical (unpaired) electrons. The van der Waals surface area contributed by atoms with Crippen LogP contribution in [0.3, 0.4) is 0 Å². The fourth-order valence-corrected chi connectivity index (χ4v) is 4.49. The third-order valence-corrected chi connectivity index (χ3v) is 5.95. The van der Waals surface area contributed by atoms with Gasteiger partial charge in [-0.15, -0.1) is 4.73 Å². The lowest BCUT2D eigenvalue weighted by molar-refractivity contribution is -0.141. The van der Waals surface area contributed by atoms with Gasteiger partial charge in [0.15, 0.2) is 0 Å². The van der Waals surface area contributed by atoms with Crippen molar-refractivity contribution in [3.63, 3.8) is 0 Å². The number of rotatable bonds is 5. The van der Waals surface area contributed by atoms with Gasteiger partial charge >= 0.3 is 11.5 Å². The highest BCUT2D eigenvalue weighted by molar-refractivity contribution is 5.99. The Hall–Kier alpha value is -3.97. The second-order valence-corrected chi connectivity index (χ2v) is 8.10. The molecule has 2 N–H and O–H groups in total. The Morgan fingerprint density at radius 2 is 1.73 bits per heavy atom. The second-order valence-electron chi connectivity index (χ2n) is 8.10. The van der Waals surface area contributed by atoms with Crippen LogP contribution in [0.5, 0.6) is 0 Å². The van der Waals surface area contributed by atoms with Gasteiger partial charge in [0.1, 0.15) is 11.2 Å². The Balaban J connectivity index is 1.87. The van der Waals surface area contributed by atoms with Gasteiger partial charge < -0.3 is 15.1 Å². The largest absolute Gasteiger partial charge is 0.344 e. The van der Waals surface area contributed by atoms with Gasteiger partial charge in [-0.05, 0) is 48.9 Å². The quantitative estimate of drug-likeness (QED) is 0.420. The molecular weight excluding hydrogens is 416 g/mol. The zero-order valence-electron chi connectivity index (χ0n) is 18.5. The SMILES string of the molecule is CC(=O)On1c(=O)c(-c2c(C)n(CCCN)c3ccccc23)nc2cc3ccccc3cc21. The number of aryl methyl sites for hydroxylation is 1. The van der Waals surface area contributed by atoms with Gasteiger partial charge in [-0.1, -0.05) is 42.5 Å². The molecule has 0 aliphatic heterocycles. The predicted molar refractivity (Wildman–Crippen MR) is 130 cm³/mol. The zero-order valence-corrected chi connectivity index (χ0v) is 18.5. The number of carbonyl (C=O) groups excluding carboxylic acids is 1. The van der Waals surface area contributed by atoms with Crippen molar-refractivity contribution in [2.45, 2.75) is 26.8 Å².